The Bertz CT molecular complexity index is 543. The number of esters is 1. The van der Waals surface area contributed by atoms with Crippen molar-refractivity contribution < 1.29 is 28.8 Å². The molecule has 2 aliphatic heterocycles. The summed E-state index contributed by atoms with van der Waals surface area (Å²) < 4.78 is 22.5. The number of aliphatic hydroxyl groups is 1. The van der Waals surface area contributed by atoms with Gasteiger partial charge in [0.1, 0.15) is 24.9 Å². The second kappa shape index (κ2) is 6.57. The molecule has 0 spiro atoms. The van der Waals surface area contributed by atoms with Gasteiger partial charge in [0.05, 0.1) is 19.1 Å². The zero-order valence-electron chi connectivity index (χ0n) is 13.3. The van der Waals surface area contributed by atoms with E-state index in [2.05, 4.69) is 0 Å². The van der Waals surface area contributed by atoms with Crippen molar-refractivity contribution in [2.24, 2.45) is 0 Å². The van der Waals surface area contributed by atoms with Gasteiger partial charge < -0.3 is 24.1 Å². The molecule has 0 unspecified atom stereocenters. The summed E-state index contributed by atoms with van der Waals surface area (Å²) in [6.07, 6.45) is -1.60. The largest absolute Gasteiger partial charge is 0.461 e. The fourth-order valence-electron chi connectivity index (χ4n) is 3.04. The summed E-state index contributed by atoms with van der Waals surface area (Å²) in [6.45, 7) is 3.68. The van der Waals surface area contributed by atoms with Crippen LogP contribution in [0.25, 0.3) is 0 Å². The normalized spacial score (nSPS) is 31.8. The number of aliphatic hydroxyl groups excluding tert-OH is 1. The number of carbonyl (C=O) groups is 1. The molecule has 0 saturated carbocycles. The molecule has 0 radical (unpaired) electrons. The molecular formula is C17H22O6. The van der Waals surface area contributed by atoms with Gasteiger partial charge in [0.2, 0.25) is 0 Å². The first-order valence-corrected chi connectivity index (χ1v) is 7.80. The third-order valence-corrected chi connectivity index (χ3v) is 4.04. The Morgan fingerprint density at radius 2 is 1.83 bits per heavy atom. The minimum atomic E-state index is -0.737. The fourth-order valence-corrected chi connectivity index (χ4v) is 3.04. The first-order chi connectivity index (χ1) is 11.0. The highest BCUT2D eigenvalue weighted by Gasteiger charge is 2.55. The maximum atomic E-state index is 12.1. The van der Waals surface area contributed by atoms with E-state index in [1.54, 1.807) is 0 Å². The molecule has 6 heteroatoms. The van der Waals surface area contributed by atoms with Gasteiger partial charge in [-0.25, -0.2) is 0 Å². The number of carbonyl (C=O) groups excluding carboxylic acids is 1. The predicted octanol–water partition coefficient (Wildman–Crippen LogP) is 1.40. The van der Waals surface area contributed by atoms with Crippen LogP contribution in [0.15, 0.2) is 30.3 Å². The van der Waals surface area contributed by atoms with Crippen molar-refractivity contribution in [3.63, 3.8) is 0 Å². The van der Waals surface area contributed by atoms with Crippen molar-refractivity contribution in [3.8, 4) is 0 Å². The number of hydrogen-bond donors (Lipinski definition) is 1. The van der Waals surface area contributed by atoms with Crippen LogP contribution in [0.1, 0.15) is 25.8 Å². The summed E-state index contributed by atoms with van der Waals surface area (Å²) in [7, 11) is 0. The van der Waals surface area contributed by atoms with Crippen molar-refractivity contribution >= 4 is 5.97 Å². The Morgan fingerprint density at radius 1 is 1.17 bits per heavy atom. The Morgan fingerprint density at radius 3 is 2.48 bits per heavy atom. The summed E-state index contributed by atoms with van der Waals surface area (Å²) in [6, 6.07) is 9.49. The first-order valence-electron chi connectivity index (χ1n) is 7.80. The lowest BCUT2D eigenvalue weighted by molar-refractivity contribution is -0.193. The molecule has 3 rings (SSSR count). The second-order valence-electron chi connectivity index (χ2n) is 6.31. The van der Waals surface area contributed by atoms with Gasteiger partial charge in [-0.05, 0) is 19.4 Å². The molecule has 0 amide bonds. The average molecular weight is 322 g/mol. The van der Waals surface area contributed by atoms with E-state index in [9.17, 15) is 9.90 Å². The molecule has 6 nitrogen and oxygen atoms in total. The van der Waals surface area contributed by atoms with Crippen LogP contribution in [0.4, 0.5) is 0 Å². The standard InChI is InChI=1S/C17H22O6/c1-17(2)22-15-12(21-13(9-18)16(15)23-17)8-14(19)20-10-11-6-4-3-5-7-11/h3-7,12-13,15-16,18H,8-10H2,1-2H3/t12-,13+,15-,16+/m0/s1. The molecule has 4 atom stereocenters. The molecule has 1 aromatic carbocycles. The number of benzene rings is 1. The van der Waals surface area contributed by atoms with Gasteiger partial charge in [-0.1, -0.05) is 30.3 Å². The maximum absolute atomic E-state index is 12.1. The van der Waals surface area contributed by atoms with E-state index < -0.39 is 18.0 Å². The minimum Gasteiger partial charge on any atom is -0.461 e. The molecule has 0 bridgehead atoms. The lowest BCUT2D eigenvalue weighted by Gasteiger charge is -2.23. The molecule has 0 aliphatic carbocycles. The van der Waals surface area contributed by atoms with Crippen LogP contribution in [-0.2, 0) is 30.3 Å². The van der Waals surface area contributed by atoms with Gasteiger partial charge in [-0.3, -0.25) is 4.79 Å². The summed E-state index contributed by atoms with van der Waals surface area (Å²) in [5, 5.41) is 9.41. The zero-order chi connectivity index (χ0) is 16.4. The topological polar surface area (TPSA) is 74.2 Å². The summed E-state index contributed by atoms with van der Waals surface area (Å²) >= 11 is 0. The van der Waals surface area contributed by atoms with Crippen molar-refractivity contribution in [1.29, 1.82) is 0 Å². The average Bonchev–Trinajstić information content (AvgIpc) is 3.00. The predicted molar refractivity (Wildman–Crippen MR) is 80.4 cm³/mol. The van der Waals surface area contributed by atoms with Crippen molar-refractivity contribution in [1.82, 2.24) is 0 Å². The zero-order valence-corrected chi connectivity index (χ0v) is 13.3. The van der Waals surface area contributed by atoms with E-state index in [1.807, 2.05) is 44.2 Å². The molecule has 2 fully saturated rings. The molecule has 126 valence electrons. The maximum Gasteiger partial charge on any atom is 0.308 e. The lowest BCUT2D eigenvalue weighted by atomic mass is 10.1. The van der Waals surface area contributed by atoms with Crippen molar-refractivity contribution in [2.45, 2.75) is 57.1 Å². The Hall–Kier alpha value is -1.47. The SMILES string of the molecule is CC1(C)O[C@@H]2[C@H](O1)[C@@H](CO)O[C@H]2CC(=O)OCc1ccccc1. The summed E-state index contributed by atoms with van der Waals surface area (Å²) in [5.74, 6) is -1.09. The Kier molecular flexibility index (Phi) is 4.68. The molecule has 2 heterocycles. The van der Waals surface area contributed by atoms with Crippen LogP contribution in [0.3, 0.4) is 0 Å². The smallest absolute Gasteiger partial charge is 0.308 e. The van der Waals surface area contributed by atoms with E-state index in [-0.39, 0.29) is 37.8 Å². The van der Waals surface area contributed by atoms with E-state index in [0.29, 0.717) is 0 Å². The van der Waals surface area contributed by atoms with Crippen LogP contribution in [0, 0.1) is 0 Å². The molecule has 2 aliphatic rings. The van der Waals surface area contributed by atoms with E-state index >= 15 is 0 Å². The van der Waals surface area contributed by atoms with Gasteiger partial charge in [0.25, 0.3) is 0 Å². The van der Waals surface area contributed by atoms with Crippen LogP contribution in [-0.4, -0.2) is 47.9 Å². The third-order valence-electron chi connectivity index (χ3n) is 4.04. The van der Waals surface area contributed by atoms with Crippen molar-refractivity contribution in [3.05, 3.63) is 35.9 Å². The quantitative estimate of drug-likeness (QED) is 0.826. The van der Waals surface area contributed by atoms with Crippen molar-refractivity contribution in [2.75, 3.05) is 6.61 Å². The number of rotatable bonds is 5. The summed E-state index contributed by atoms with van der Waals surface area (Å²) in [5.41, 5.74) is 0.931. The highest BCUT2D eigenvalue weighted by Crippen LogP contribution is 2.39. The third kappa shape index (κ3) is 3.72. The molecule has 1 aromatic rings. The van der Waals surface area contributed by atoms with Gasteiger partial charge in [-0.2, -0.15) is 0 Å². The number of fused-ring (bicyclic) bond motifs is 1. The molecule has 0 aromatic heterocycles. The Balaban J connectivity index is 1.56. The highest BCUT2D eigenvalue weighted by atomic mass is 16.8. The number of ether oxygens (including phenoxy) is 4. The monoisotopic (exact) mass is 322 g/mol. The van der Waals surface area contributed by atoms with Crippen LogP contribution in [0.5, 0.6) is 0 Å². The Labute approximate surface area is 135 Å². The van der Waals surface area contributed by atoms with Gasteiger partial charge in [-0.15, -0.1) is 0 Å². The molecule has 1 N–H and O–H groups in total. The van der Waals surface area contributed by atoms with Gasteiger partial charge in [0.15, 0.2) is 5.79 Å². The summed E-state index contributed by atoms with van der Waals surface area (Å²) in [4.78, 5) is 12.1. The van der Waals surface area contributed by atoms with E-state index in [4.69, 9.17) is 18.9 Å². The second-order valence-corrected chi connectivity index (χ2v) is 6.31. The van der Waals surface area contributed by atoms with Gasteiger partial charge >= 0.3 is 5.97 Å². The fraction of sp³-hybridized carbons (Fsp3) is 0.588. The first kappa shape index (κ1) is 16.4. The van der Waals surface area contributed by atoms with Gasteiger partial charge in [0, 0.05) is 0 Å². The van der Waals surface area contributed by atoms with Crippen LogP contribution >= 0.6 is 0 Å². The van der Waals surface area contributed by atoms with Crippen LogP contribution in [0.2, 0.25) is 0 Å². The molecular weight excluding hydrogens is 300 g/mol. The van der Waals surface area contributed by atoms with E-state index in [0.717, 1.165) is 5.56 Å². The van der Waals surface area contributed by atoms with E-state index in [1.165, 1.54) is 0 Å². The highest BCUT2D eigenvalue weighted by molar-refractivity contribution is 5.70. The minimum absolute atomic E-state index is 0.0734. The van der Waals surface area contributed by atoms with Crippen LogP contribution < -0.4 is 0 Å². The number of hydrogen-bond acceptors (Lipinski definition) is 6. The lowest BCUT2D eigenvalue weighted by Crippen LogP contribution is -2.32. The molecule has 23 heavy (non-hydrogen) atoms. The molecule has 2 saturated heterocycles.